The molecule has 0 aliphatic carbocycles. The Hall–Kier alpha value is -1.83. The van der Waals surface area contributed by atoms with Crippen LogP contribution in [0.25, 0.3) is 0 Å². The van der Waals surface area contributed by atoms with Gasteiger partial charge in [0.2, 0.25) is 0 Å². The summed E-state index contributed by atoms with van der Waals surface area (Å²) in [6, 6.07) is 15.3. The number of nitrogens with zero attached hydrogens (tertiary/aromatic N) is 1. The molecular weight excluding hydrogens is 304 g/mol. The van der Waals surface area contributed by atoms with E-state index in [1.807, 2.05) is 49.5 Å². The van der Waals surface area contributed by atoms with Crippen molar-refractivity contribution in [2.75, 3.05) is 7.05 Å². The largest absolute Gasteiger partial charge is 0.456 e. The van der Waals surface area contributed by atoms with Gasteiger partial charge in [-0.15, -0.1) is 0 Å². The Bertz CT molecular complexity index is 603. The fourth-order valence-corrected chi connectivity index (χ4v) is 1.96. The SMILES string of the molecule is CNCc1ccc(Oc2ccc(Br)cc2)c(C#N)c1. The molecule has 0 saturated carbocycles. The average molecular weight is 317 g/mol. The summed E-state index contributed by atoms with van der Waals surface area (Å²) in [5.41, 5.74) is 1.60. The van der Waals surface area contributed by atoms with Gasteiger partial charge in [0.15, 0.2) is 0 Å². The topological polar surface area (TPSA) is 45.0 Å². The highest BCUT2D eigenvalue weighted by molar-refractivity contribution is 9.10. The Kier molecular flexibility index (Phi) is 4.56. The molecule has 0 amide bonds. The van der Waals surface area contributed by atoms with Crippen molar-refractivity contribution >= 4 is 15.9 Å². The summed E-state index contributed by atoms with van der Waals surface area (Å²) in [6.07, 6.45) is 0. The van der Waals surface area contributed by atoms with Crippen LogP contribution in [0.2, 0.25) is 0 Å². The molecule has 2 rings (SSSR count). The summed E-state index contributed by atoms with van der Waals surface area (Å²) in [6.45, 7) is 0.729. The van der Waals surface area contributed by atoms with Crippen molar-refractivity contribution in [2.45, 2.75) is 6.54 Å². The molecule has 0 radical (unpaired) electrons. The van der Waals surface area contributed by atoms with Gasteiger partial charge in [0, 0.05) is 11.0 Å². The lowest BCUT2D eigenvalue weighted by molar-refractivity contribution is 0.480. The van der Waals surface area contributed by atoms with Crippen LogP contribution in [-0.2, 0) is 6.54 Å². The van der Waals surface area contributed by atoms with Gasteiger partial charge < -0.3 is 10.1 Å². The molecule has 0 aromatic heterocycles. The van der Waals surface area contributed by atoms with E-state index in [-0.39, 0.29) is 0 Å². The average Bonchev–Trinajstić information content (AvgIpc) is 2.43. The van der Waals surface area contributed by atoms with Gasteiger partial charge in [-0.05, 0) is 49.0 Å². The molecule has 0 atom stereocenters. The Morgan fingerprint density at radius 1 is 1.21 bits per heavy atom. The number of hydrogen-bond acceptors (Lipinski definition) is 3. The third-order valence-electron chi connectivity index (χ3n) is 2.59. The van der Waals surface area contributed by atoms with Gasteiger partial charge >= 0.3 is 0 Å². The van der Waals surface area contributed by atoms with Crippen LogP contribution in [0.1, 0.15) is 11.1 Å². The minimum Gasteiger partial charge on any atom is -0.456 e. The van der Waals surface area contributed by atoms with E-state index in [1.54, 1.807) is 0 Å². The third-order valence-corrected chi connectivity index (χ3v) is 3.12. The zero-order valence-corrected chi connectivity index (χ0v) is 12.1. The Morgan fingerprint density at radius 3 is 2.58 bits per heavy atom. The zero-order valence-electron chi connectivity index (χ0n) is 10.5. The van der Waals surface area contributed by atoms with Crippen LogP contribution >= 0.6 is 15.9 Å². The molecule has 0 unspecified atom stereocenters. The van der Waals surface area contributed by atoms with Crippen LogP contribution in [-0.4, -0.2) is 7.05 Å². The zero-order chi connectivity index (χ0) is 13.7. The van der Waals surface area contributed by atoms with Gasteiger partial charge in [-0.1, -0.05) is 22.0 Å². The number of ether oxygens (including phenoxy) is 1. The van der Waals surface area contributed by atoms with Gasteiger partial charge in [-0.25, -0.2) is 0 Å². The minimum absolute atomic E-state index is 0.538. The monoisotopic (exact) mass is 316 g/mol. The maximum absolute atomic E-state index is 9.18. The van der Waals surface area contributed by atoms with E-state index in [2.05, 4.69) is 27.3 Å². The molecule has 0 fully saturated rings. The van der Waals surface area contributed by atoms with E-state index < -0.39 is 0 Å². The molecular formula is C15H13BrN2O. The van der Waals surface area contributed by atoms with Gasteiger partial charge in [0.25, 0.3) is 0 Å². The molecule has 0 aliphatic heterocycles. The first kappa shape index (κ1) is 13.6. The predicted molar refractivity (Wildman–Crippen MR) is 78.1 cm³/mol. The maximum Gasteiger partial charge on any atom is 0.145 e. The van der Waals surface area contributed by atoms with E-state index in [0.29, 0.717) is 17.1 Å². The number of benzene rings is 2. The van der Waals surface area contributed by atoms with Gasteiger partial charge in [0.1, 0.15) is 17.6 Å². The summed E-state index contributed by atoms with van der Waals surface area (Å²) < 4.78 is 6.72. The van der Waals surface area contributed by atoms with Crippen molar-refractivity contribution in [3.05, 3.63) is 58.1 Å². The van der Waals surface area contributed by atoms with Gasteiger partial charge in [0.05, 0.1) is 5.56 Å². The second-order valence-electron chi connectivity index (χ2n) is 4.03. The van der Waals surface area contributed by atoms with Crippen molar-refractivity contribution in [1.29, 1.82) is 5.26 Å². The van der Waals surface area contributed by atoms with Crippen molar-refractivity contribution in [3.8, 4) is 17.6 Å². The van der Waals surface area contributed by atoms with E-state index in [1.165, 1.54) is 0 Å². The standard InChI is InChI=1S/C15H13BrN2O/c1-18-10-11-2-7-15(12(8-11)9-17)19-14-5-3-13(16)4-6-14/h2-8,18H,10H2,1H3. The molecule has 0 heterocycles. The number of rotatable bonds is 4. The first-order valence-corrected chi connectivity index (χ1v) is 6.63. The summed E-state index contributed by atoms with van der Waals surface area (Å²) >= 11 is 3.37. The lowest BCUT2D eigenvalue weighted by Crippen LogP contribution is -2.05. The highest BCUT2D eigenvalue weighted by atomic mass is 79.9. The number of halogens is 1. The first-order chi connectivity index (χ1) is 9.22. The fourth-order valence-electron chi connectivity index (χ4n) is 1.70. The summed E-state index contributed by atoms with van der Waals surface area (Å²) in [4.78, 5) is 0. The molecule has 3 nitrogen and oxygen atoms in total. The van der Waals surface area contributed by atoms with Crippen molar-refractivity contribution in [3.63, 3.8) is 0 Å². The van der Waals surface area contributed by atoms with Gasteiger partial charge in [-0.3, -0.25) is 0 Å². The third kappa shape index (κ3) is 3.57. The van der Waals surface area contributed by atoms with Crippen molar-refractivity contribution in [2.24, 2.45) is 0 Å². The predicted octanol–water partition coefficient (Wildman–Crippen LogP) is 3.83. The Labute approximate surface area is 121 Å². The molecule has 1 N–H and O–H groups in total. The second-order valence-corrected chi connectivity index (χ2v) is 4.94. The minimum atomic E-state index is 0.538. The molecule has 96 valence electrons. The molecule has 0 aliphatic rings. The van der Waals surface area contributed by atoms with E-state index in [0.717, 1.165) is 16.6 Å². The van der Waals surface area contributed by atoms with Crippen LogP contribution in [0, 0.1) is 11.3 Å². The van der Waals surface area contributed by atoms with Crippen molar-refractivity contribution in [1.82, 2.24) is 5.32 Å². The van der Waals surface area contributed by atoms with E-state index in [9.17, 15) is 5.26 Å². The van der Waals surface area contributed by atoms with Crippen molar-refractivity contribution < 1.29 is 4.74 Å². The summed E-state index contributed by atoms with van der Waals surface area (Å²) in [7, 11) is 1.87. The molecule has 0 bridgehead atoms. The van der Waals surface area contributed by atoms with Crippen LogP contribution < -0.4 is 10.1 Å². The van der Waals surface area contributed by atoms with Gasteiger partial charge in [-0.2, -0.15) is 5.26 Å². The maximum atomic E-state index is 9.18. The highest BCUT2D eigenvalue weighted by Gasteiger charge is 2.06. The first-order valence-electron chi connectivity index (χ1n) is 5.84. The van der Waals surface area contributed by atoms with E-state index >= 15 is 0 Å². The van der Waals surface area contributed by atoms with Crippen LogP contribution in [0.3, 0.4) is 0 Å². The van der Waals surface area contributed by atoms with Crippen LogP contribution in [0.15, 0.2) is 46.9 Å². The summed E-state index contributed by atoms with van der Waals surface area (Å²) in [5, 5.41) is 12.2. The lowest BCUT2D eigenvalue weighted by atomic mass is 10.1. The highest BCUT2D eigenvalue weighted by Crippen LogP contribution is 2.26. The molecule has 0 saturated heterocycles. The van der Waals surface area contributed by atoms with E-state index in [4.69, 9.17) is 4.74 Å². The molecule has 2 aromatic rings. The molecule has 0 spiro atoms. The van der Waals surface area contributed by atoms with Crippen LogP contribution in [0.5, 0.6) is 11.5 Å². The fraction of sp³-hybridized carbons (Fsp3) is 0.133. The number of hydrogen-bond donors (Lipinski definition) is 1. The second kappa shape index (κ2) is 6.37. The number of nitriles is 1. The Balaban J connectivity index is 2.25. The quantitative estimate of drug-likeness (QED) is 0.932. The summed E-state index contributed by atoms with van der Waals surface area (Å²) in [5.74, 6) is 1.28. The smallest absolute Gasteiger partial charge is 0.145 e. The number of nitrogens with one attached hydrogen (secondary N) is 1. The molecule has 19 heavy (non-hydrogen) atoms. The molecule has 4 heteroatoms. The van der Waals surface area contributed by atoms with Crippen LogP contribution in [0.4, 0.5) is 0 Å². The lowest BCUT2D eigenvalue weighted by Gasteiger charge is -2.09. The normalized spacial score (nSPS) is 9.95. The molecule has 2 aromatic carbocycles. The Morgan fingerprint density at radius 2 is 1.95 bits per heavy atom.